The second-order valence-corrected chi connectivity index (χ2v) is 11.4. The quantitative estimate of drug-likeness (QED) is 0.348. The molecular formula is C27H27N7OS. The zero-order chi connectivity index (χ0) is 25.2. The third-order valence-corrected chi connectivity index (χ3v) is 8.02. The van der Waals surface area contributed by atoms with E-state index < -0.39 is 0 Å². The van der Waals surface area contributed by atoms with Crippen molar-refractivity contribution in [3.63, 3.8) is 0 Å². The average molecular weight is 498 g/mol. The van der Waals surface area contributed by atoms with Crippen LogP contribution in [0.3, 0.4) is 0 Å². The summed E-state index contributed by atoms with van der Waals surface area (Å²) in [6, 6.07) is 8.28. The largest absolute Gasteiger partial charge is 0.328 e. The summed E-state index contributed by atoms with van der Waals surface area (Å²) >= 11 is 1.53. The maximum absolute atomic E-state index is 13.1. The SMILES string of the molecule is Cc1cc(-c2nc(-c3cnn(C)c3)cc3nccn23)ccc1CN1Cc2nc(C(C)(C)C)sc2C1=O. The fourth-order valence-corrected chi connectivity index (χ4v) is 5.62. The van der Waals surface area contributed by atoms with Crippen molar-refractivity contribution in [1.29, 1.82) is 0 Å². The van der Waals surface area contributed by atoms with Gasteiger partial charge in [-0.1, -0.05) is 32.9 Å². The first-order valence-corrected chi connectivity index (χ1v) is 12.7. The van der Waals surface area contributed by atoms with Gasteiger partial charge in [-0.25, -0.2) is 15.0 Å². The third-order valence-electron chi connectivity index (χ3n) is 6.51. The van der Waals surface area contributed by atoms with Crippen molar-refractivity contribution in [2.24, 2.45) is 7.05 Å². The van der Waals surface area contributed by atoms with Crippen LogP contribution in [-0.4, -0.2) is 39.9 Å². The van der Waals surface area contributed by atoms with Gasteiger partial charge in [-0.15, -0.1) is 11.3 Å². The van der Waals surface area contributed by atoms with Crippen LogP contribution in [-0.2, 0) is 25.6 Å². The predicted octanol–water partition coefficient (Wildman–Crippen LogP) is 5.02. The van der Waals surface area contributed by atoms with Crippen molar-refractivity contribution >= 4 is 22.9 Å². The summed E-state index contributed by atoms with van der Waals surface area (Å²) in [6.45, 7) is 9.60. The van der Waals surface area contributed by atoms with Gasteiger partial charge in [0.1, 0.15) is 16.3 Å². The Balaban J connectivity index is 1.29. The average Bonchev–Trinajstić information content (AvgIpc) is 3.60. The third kappa shape index (κ3) is 3.80. The zero-order valence-electron chi connectivity index (χ0n) is 21.0. The summed E-state index contributed by atoms with van der Waals surface area (Å²) in [7, 11) is 1.89. The normalized spacial score (nSPS) is 13.7. The van der Waals surface area contributed by atoms with Crippen LogP contribution in [0.25, 0.3) is 28.3 Å². The molecule has 1 aromatic carbocycles. The monoisotopic (exact) mass is 497 g/mol. The summed E-state index contributed by atoms with van der Waals surface area (Å²) < 4.78 is 3.76. The lowest BCUT2D eigenvalue weighted by molar-refractivity contribution is 0.0769. The van der Waals surface area contributed by atoms with Crippen LogP contribution < -0.4 is 0 Å². The molecule has 5 aromatic rings. The van der Waals surface area contributed by atoms with Gasteiger partial charge in [-0.3, -0.25) is 13.9 Å². The number of nitrogens with zero attached hydrogens (tertiary/aromatic N) is 7. The van der Waals surface area contributed by atoms with Crippen molar-refractivity contribution in [3.05, 3.63) is 75.8 Å². The van der Waals surface area contributed by atoms with Crippen LogP contribution in [0.5, 0.6) is 0 Å². The number of aryl methyl sites for hydroxylation is 2. The number of fused-ring (bicyclic) bond motifs is 2. The van der Waals surface area contributed by atoms with Crippen LogP contribution in [0.4, 0.5) is 0 Å². The maximum Gasteiger partial charge on any atom is 0.266 e. The molecule has 1 aliphatic rings. The molecule has 1 amide bonds. The summed E-state index contributed by atoms with van der Waals surface area (Å²) in [5.74, 6) is 0.893. The molecule has 182 valence electrons. The Morgan fingerprint density at radius 1 is 1.11 bits per heavy atom. The maximum atomic E-state index is 13.1. The zero-order valence-corrected chi connectivity index (χ0v) is 21.8. The highest BCUT2D eigenvalue weighted by molar-refractivity contribution is 7.14. The Kier molecular flexibility index (Phi) is 5.08. The lowest BCUT2D eigenvalue weighted by atomic mass is 9.98. The van der Waals surface area contributed by atoms with Crippen molar-refractivity contribution in [2.75, 3.05) is 0 Å². The highest BCUT2D eigenvalue weighted by Crippen LogP contribution is 2.35. The molecule has 0 radical (unpaired) electrons. The van der Waals surface area contributed by atoms with Gasteiger partial charge in [-0.2, -0.15) is 5.10 Å². The number of aromatic nitrogens is 6. The molecule has 0 bridgehead atoms. The van der Waals surface area contributed by atoms with E-state index >= 15 is 0 Å². The first-order chi connectivity index (χ1) is 17.2. The molecular weight excluding hydrogens is 470 g/mol. The molecule has 8 nitrogen and oxygen atoms in total. The highest BCUT2D eigenvalue weighted by Gasteiger charge is 2.34. The number of carbonyl (C=O) groups is 1. The van der Waals surface area contributed by atoms with Crippen LogP contribution >= 0.6 is 11.3 Å². The number of rotatable bonds is 4. The Hall–Kier alpha value is -3.85. The fraction of sp³-hybridized carbons (Fsp3) is 0.296. The molecule has 5 heterocycles. The molecule has 1 aliphatic heterocycles. The van der Waals surface area contributed by atoms with E-state index in [1.807, 2.05) is 41.0 Å². The molecule has 0 aliphatic carbocycles. The topological polar surface area (TPSA) is 81.2 Å². The van der Waals surface area contributed by atoms with Crippen LogP contribution in [0, 0.1) is 6.92 Å². The molecule has 36 heavy (non-hydrogen) atoms. The number of hydrogen-bond acceptors (Lipinski definition) is 6. The van der Waals surface area contributed by atoms with Crippen molar-refractivity contribution in [2.45, 2.75) is 46.2 Å². The van der Waals surface area contributed by atoms with E-state index in [0.717, 1.165) is 55.0 Å². The van der Waals surface area contributed by atoms with Gasteiger partial charge < -0.3 is 4.90 Å². The second-order valence-electron chi connectivity index (χ2n) is 10.4. The molecule has 0 atom stereocenters. The molecule has 6 rings (SSSR count). The lowest BCUT2D eigenvalue weighted by Gasteiger charge is -2.19. The Morgan fingerprint density at radius 3 is 2.64 bits per heavy atom. The van der Waals surface area contributed by atoms with E-state index in [4.69, 9.17) is 9.97 Å². The van der Waals surface area contributed by atoms with Crippen molar-refractivity contribution < 1.29 is 4.79 Å². The minimum absolute atomic E-state index is 0.0461. The Labute approximate surface area is 213 Å². The number of hydrogen-bond donors (Lipinski definition) is 0. The number of benzene rings is 1. The van der Waals surface area contributed by atoms with E-state index in [0.29, 0.717) is 13.1 Å². The van der Waals surface area contributed by atoms with Gasteiger partial charge in [-0.05, 0) is 24.1 Å². The van der Waals surface area contributed by atoms with Crippen LogP contribution in [0.2, 0.25) is 0 Å². The number of carbonyl (C=O) groups excluding carboxylic acids is 1. The van der Waals surface area contributed by atoms with E-state index in [-0.39, 0.29) is 11.3 Å². The highest BCUT2D eigenvalue weighted by atomic mass is 32.1. The smallest absolute Gasteiger partial charge is 0.266 e. The number of thiazole rings is 1. The van der Waals surface area contributed by atoms with Crippen molar-refractivity contribution in [1.82, 2.24) is 34.0 Å². The molecule has 4 aromatic heterocycles. The fourth-order valence-electron chi connectivity index (χ4n) is 4.52. The molecule has 0 saturated heterocycles. The molecule has 9 heteroatoms. The number of imidazole rings is 1. The molecule has 0 spiro atoms. The summed E-state index contributed by atoms with van der Waals surface area (Å²) in [5, 5.41) is 5.31. The molecule has 0 fully saturated rings. The predicted molar refractivity (Wildman–Crippen MR) is 140 cm³/mol. The van der Waals surface area contributed by atoms with Gasteiger partial charge in [0.05, 0.1) is 29.1 Å². The van der Waals surface area contributed by atoms with Crippen LogP contribution in [0.15, 0.2) is 49.1 Å². The molecule has 0 unspecified atom stereocenters. The first kappa shape index (κ1) is 22.6. The second kappa shape index (κ2) is 8.09. The van der Waals surface area contributed by atoms with Gasteiger partial charge in [0, 0.05) is 54.8 Å². The van der Waals surface area contributed by atoms with Gasteiger partial charge in [0.15, 0.2) is 0 Å². The summed E-state index contributed by atoms with van der Waals surface area (Å²) in [6.07, 6.45) is 7.47. The van der Waals surface area contributed by atoms with E-state index in [9.17, 15) is 4.79 Å². The first-order valence-electron chi connectivity index (χ1n) is 11.9. The van der Waals surface area contributed by atoms with Gasteiger partial charge in [0.2, 0.25) is 0 Å². The summed E-state index contributed by atoms with van der Waals surface area (Å²) in [5.41, 5.74) is 6.68. The van der Waals surface area contributed by atoms with Gasteiger partial charge >= 0.3 is 0 Å². The van der Waals surface area contributed by atoms with Gasteiger partial charge in [0.25, 0.3) is 5.91 Å². The van der Waals surface area contributed by atoms with E-state index in [2.05, 4.69) is 56.0 Å². The Bertz CT molecular complexity index is 1640. The van der Waals surface area contributed by atoms with E-state index in [1.165, 1.54) is 11.3 Å². The van der Waals surface area contributed by atoms with E-state index in [1.54, 1.807) is 10.9 Å². The number of amides is 1. The lowest BCUT2D eigenvalue weighted by Crippen LogP contribution is -2.24. The van der Waals surface area contributed by atoms with Crippen LogP contribution in [0.1, 0.15) is 52.3 Å². The summed E-state index contributed by atoms with van der Waals surface area (Å²) in [4.78, 5) is 30.0. The minimum atomic E-state index is -0.0461. The van der Waals surface area contributed by atoms with Crippen molar-refractivity contribution in [3.8, 4) is 22.6 Å². The molecule has 0 N–H and O–H groups in total. The minimum Gasteiger partial charge on any atom is -0.328 e. The molecule has 0 saturated carbocycles. The standard InChI is InChI=1S/C27H27N7OS/c1-16-10-17(24-30-20(19-12-29-32(5)13-19)11-22-28-8-9-34(22)24)6-7-18(16)14-33-15-21-23(25(33)35)36-26(31-21)27(2,3)4/h6-13H,14-15H2,1-5H3. The Morgan fingerprint density at radius 2 is 1.94 bits per heavy atom.